The van der Waals surface area contributed by atoms with E-state index >= 15 is 0 Å². The number of nitrogens with zero attached hydrogens (tertiary/aromatic N) is 1. The van der Waals surface area contributed by atoms with Crippen LogP contribution in [0.5, 0.6) is 0 Å². The summed E-state index contributed by atoms with van der Waals surface area (Å²) in [5, 5.41) is 10.8. The SMILES string of the molecule is N#C/C(=C\c1ccc(Cl)c(Cl)c1)c1ccc(Cl)cc1. The summed E-state index contributed by atoms with van der Waals surface area (Å²) in [6.45, 7) is 0. The molecule has 0 bridgehead atoms. The van der Waals surface area contributed by atoms with Gasteiger partial charge in [0.05, 0.1) is 21.7 Å². The topological polar surface area (TPSA) is 23.8 Å². The van der Waals surface area contributed by atoms with Gasteiger partial charge in [0.1, 0.15) is 0 Å². The van der Waals surface area contributed by atoms with Crippen molar-refractivity contribution >= 4 is 46.5 Å². The molecule has 94 valence electrons. The minimum atomic E-state index is 0.462. The van der Waals surface area contributed by atoms with Crippen molar-refractivity contribution in [2.24, 2.45) is 0 Å². The van der Waals surface area contributed by atoms with Crippen molar-refractivity contribution in [2.75, 3.05) is 0 Å². The molecule has 2 rings (SSSR count). The van der Waals surface area contributed by atoms with Gasteiger partial charge >= 0.3 is 0 Å². The number of rotatable bonds is 2. The minimum absolute atomic E-state index is 0.462. The fourth-order valence-electron chi connectivity index (χ4n) is 1.58. The predicted molar refractivity (Wildman–Crippen MR) is 81.4 cm³/mol. The highest BCUT2D eigenvalue weighted by Gasteiger charge is 2.03. The van der Waals surface area contributed by atoms with Crippen LogP contribution in [0, 0.1) is 11.3 Å². The summed E-state index contributed by atoms with van der Waals surface area (Å²) in [5.74, 6) is 0. The lowest BCUT2D eigenvalue weighted by molar-refractivity contribution is 1.52. The van der Waals surface area contributed by atoms with Crippen LogP contribution in [0.1, 0.15) is 11.1 Å². The summed E-state index contributed by atoms with van der Waals surface area (Å²) >= 11 is 17.6. The minimum Gasteiger partial charge on any atom is -0.192 e. The van der Waals surface area contributed by atoms with Crippen LogP contribution in [-0.2, 0) is 0 Å². The first kappa shape index (κ1) is 14.0. The normalized spacial score (nSPS) is 11.2. The third kappa shape index (κ3) is 3.52. The van der Waals surface area contributed by atoms with Crippen LogP contribution < -0.4 is 0 Å². The Hall–Kier alpha value is -1.46. The average molecular weight is 309 g/mol. The van der Waals surface area contributed by atoms with Gasteiger partial charge in [0, 0.05) is 5.02 Å². The van der Waals surface area contributed by atoms with Gasteiger partial charge in [-0.25, -0.2) is 0 Å². The van der Waals surface area contributed by atoms with Gasteiger partial charge in [-0.3, -0.25) is 0 Å². The van der Waals surface area contributed by atoms with Crippen molar-refractivity contribution in [1.82, 2.24) is 0 Å². The Morgan fingerprint density at radius 2 is 1.63 bits per heavy atom. The van der Waals surface area contributed by atoms with E-state index in [4.69, 9.17) is 34.8 Å². The highest BCUT2D eigenvalue weighted by atomic mass is 35.5. The van der Waals surface area contributed by atoms with Gasteiger partial charge in [0.2, 0.25) is 0 Å². The molecule has 2 aromatic carbocycles. The first-order valence-electron chi connectivity index (χ1n) is 5.43. The first-order chi connectivity index (χ1) is 9.10. The fraction of sp³-hybridized carbons (Fsp3) is 0. The summed E-state index contributed by atoms with van der Waals surface area (Å²) in [6, 6.07) is 14.5. The molecule has 0 unspecified atom stereocenters. The average Bonchev–Trinajstić information content (AvgIpc) is 2.41. The Balaban J connectivity index is 2.41. The molecule has 0 aromatic heterocycles. The van der Waals surface area contributed by atoms with Gasteiger partial charge in [0.15, 0.2) is 0 Å². The highest BCUT2D eigenvalue weighted by Crippen LogP contribution is 2.25. The van der Waals surface area contributed by atoms with E-state index in [1.807, 2.05) is 6.07 Å². The van der Waals surface area contributed by atoms with Gasteiger partial charge in [-0.05, 0) is 41.5 Å². The quantitative estimate of drug-likeness (QED) is 0.515. The lowest BCUT2D eigenvalue weighted by atomic mass is 10.0. The fourth-order valence-corrected chi connectivity index (χ4v) is 2.01. The Morgan fingerprint density at radius 3 is 2.21 bits per heavy atom. The molecule has 1 nitrogen and oxygen atoms in total. The molecule has 0 spiro atoms. The van der Waals surface area contributed by atoms with Crippen molar-refractivity contribution in [1.29, 1.82) is 5.26 Å². The second kappa shape index (κ2) is 6.12. The standard InChI is InChI=1S/C15H8Cl3N/c16-13-4-2-11(3-5-13)12(9-19)7-10-1-6-14(17)15(18)8-10/h1-8H/b12-7+. The molecule has 0 aliphatic carbocycles. The summed E-state index contributed by atoms with van der Waals surface area (Å²) in [4.78, 5) is 0. The molecule has 0 N–H and O–H groups in total. The van der Waals surface area contributed by atoms with E-state index in [-0.39, 0.29) is 0 Å². The second-order valence-corrected chi connectivity index (χ2v) is 5.10. The Bertz CT molecular complexity index is 667. The number of hydrogen-bond donors (Lipinski definition) is 0. The number of nitriles is 1. The number of allylic oxidation sites excluding steroid dienone is 1. The zero-order chi connectivity index (χ0) is 13.8. The maximum Gasteiger partial charge on any atom is 0.0998 e. The van der Waals surface area contributed by atoms with Crippen LogP contribution in [-0.4, -0.2) is 0 Å². The van der Waals surface area contributed by atoms with Gasteiger partial charge in [-0.15, -0.1) is 0 Å². The molecule has 0 heterocycles. The van der Waals surface area contributed by atoms with Gasteiger partial charge in [-0.2, -0.15) is 5.26 Å². The second-order valence-electron chi connectivity index (χ2n) is 3.85. The number of benzene rings is 2. The summed E-state index contributed by atoms with van der Waals surface area (Å²) < 4.78 is 0. The molecule has 4 heteroatoms. The van der Waals surface area contributed by atoms with Gasteiger partial charge < -0.3 is 0 Å². The highest BCUT2D eigenvalue weighted by molar-refractivity contribution is 6.42. The van der Waals surface area contributed by atoms with Crippen molar-refractivity contribution in [2.45, 2.75) is 0 Å². The first-order valence-corrected chi connectivity index (χ1v) is 6.56. The third-order valence-electron chi connectivity index (χ3n) is 2.53. The molecule has 0 amide bonds. The third-order valence-corrected chi connectivity index (χ3v) is 3.52. The van der Waals surface area contributed by atoms with Gasteiger partial charge in [0.25, 0.3) is 0 Å². The zero-order valence-corrected chi connectivity index (χ0v) is 12.0. The Kier molecular flexibility index (Phi) is 4.50. The summed E-state index contributed by atoms with van der Waals surface area (Å²) in [7, 11) is 0. The van der Waals surface area contributed by atoms with Gasteiger partial charge in [-0.1, -0.05) is 53.0 Å². The number of hydrogen-bond acceptors (Lipinski definition) is 1. The van der Waals surface area contributed by atoms with E-state index in [1.165, 1.54) is 0 Å². The molecule has 0 saturated heterocycles. The summed E-state index contributed by atoms with van der Waals surface area (Å²) in [6.07, 6.45) is 1.76. The molecule has 0 aliphatic rings. The largest absolute Gasteiger partial charge is 0.192 e. The van der Waals surface area contributed by atoms with E-state index in [0.29, 0.717) is 20.6 Å². The lowest BCUT2D eigenvalue weighted by Crippen LogP contribution is -1.82. The Labute approximate surface area is 126 Å². The van der Waals surface area contributed by atoms with E-state index in [0.717, 1.165) is 11.1 Å². The molecule has 0 saturated carbocycles. The van der Waals surface area contributed by atoms with Crippen molar-refractivity contribution in [3.05, 3.63) is 68.7 Å². The lowest BCUT2D eigenvalue weighted by Gasteiger charge is -2.01. The molecule has 0 atom stereocenters. The Morgan fingerprint density at radius 1 is 0.947 bits per heavy atom. The maximum absolute atomic E-state index is 9.22. The van der Waals surface area contributed by atoms with Crippen LogP contribution in [0.25, 0.3) is 11.6 Å². The van der Waals surface area contributed by atoms with E-state index < -0.39 is 0 Å². The zero-order valence-electron chi connectivity index (χ0n) is 9.70. The van der Waals surface area contributed by atoms with Crippen LogP contribution >= 0.6 is 34.8 Å². The predicted octanol–water partition coefficient (Wildman–Crippen LogP) is 5.71. The molecule has 0 aliphatic heterocycles. The van der Waals surface area contributed by atoms with Crippen molar-refractivity contribution in [3.8, 4) is 6.07 Å². The number of halogens is 3. The molecule has 2 aromatic rings. The molecule has 19 heavy (non-hydrogen) atoms. The molecule has 0 fully saturated rings. The van der Waals surface area contributed by atoms with Crippen LogP contribution in [0.3, 0.4) is 0 Å². The maximum atomic E-state index is 9.22. The summed E-state index contributed by atoms with van der Waals surface area (Å²) in [5.41, 5.74) is 2.16. The molecule has 0 radical (unpaired) electrons. The van der Waals surface area contributed by atoms with Crippen molar-refractivity contribution < 1.29 is 0 Å². The monoisotopic (exact) mass is 307 g/mol. The van der Waals surface area contributed by atoms with Crippen LogP contribution in [0.4, 0.5) is 0 Å². The molecular formula is C15H8Cl3N. The van der Waals surface area contributed by atoms with Crippen LogP contribution in [0.2, 0.25) is 15.1 Å². The smallest absolute Gasteiger partial charge is 0.0998 e. The van der Waals surface area contributed by atoms with Crippen molar-refractivity contribution in [3.63, 3.8) is 0 Å². The van der Waals surface area contributed by atoms with Crippen LogP contribution in [0.15, 0.2) is 42.5 Å². The van der Waals surface area contributed by atoms with E-state index in [1.54, 1.807) is 42.5 Å². The van der Waals surface area contributed by atoms with E-state index in [9.17, 15) is 5.26 Å². The molecular weight excluding hydrogens is 301 g/mol. The van der Waals surface area contributed by atoms with E-state index in [2.05, 4.69) is 6.07 Å².